The molecule has 0 spiro atoms. The van der Waals surface area contributed by atoms with Crippen LogP contribution in [0, 0.1) is 5.82 Å². The molecule has 0 aliphatic rings. The van der Waals surface area contributed by atoms with Gasteiger partial charge in [-0.1, -0.05) is 24.3 Å². The number of hydrogen-bond acceptors (Lipinski definition) is 4. The van der Waals surface area contributed by atoms with Crippen LogP contribution in [0.15, 0.2) is 52.9 Å². The zero-order valence-electron chi connectivity index (χ0n) is 11.5. The van der Waals surface area contributed by atoms with E-state index in [0.717, 1.165) is 16.5 Å². The van der Waals surface area contributed by atoms with Crippen LogP contribution in [0.25, 0.3) is 11.0 Å². The van der Waals surface area contributed by atoms with Gasteiger partial charge in [-0.05, 0) is 29.8 Å². The molecule has 0 radical (unpaired) electrons. The van der Waals surface area contributed by atoms with Crippen molar-refractivity contribution in [1.82, 2.24) is 5.43 Å². The summed E-state index contributed by atoms with van der Waals surface area (Å²) in [6, 6.07) is 13.8. The molecule has 3 N–H and O–H groups in total. The van der Waals surface area contributed by atoms with Gasteiger partial charge in [0.15, 0.2) is 11.6 Å². The number of nitrogens with one attached hydrogen (secondary N) is 1. The topological polar surface area (TPSA) is 60.4 Å². The Morgan fingerprint density at radius 3 is 2.71 bits per heavy atom. The van der Waals surface area contributed by atoms with E-state index < -0.39 is 5.82 Å². The molecule has 108 valence electrons. The van der Waals surface area contributed by atoms with Crippen molar-refractivity contribution in [2.45, 2.75) is 6.04 Å². The van der Waals surface area contributed by atoms with Crippen molar-refractivity contribution in [3.8, 4) is 5.75 Å². The van der Waals surface area contributed by atoms with E-state index in [-0.39, 0.29) is 11.8 Å². The zero-order valence-corrected chi connectivity index (χ0v) is 11.5. The summed E-state index contributed by atoms with van der Waals surface area (Å²) in [6.45, 7) is 0. The number of para-hydroxylation sites is 1. The Bertz CT molecular complexity index is 737. The predicted molar refractivity (Wildman–Crippen MR) is 78.3 cm³/mol. The van der Waals surface area contributed by atoms with Crippen LogP contribution in [0.2, 0.25) is 0 Å². The van der Waals surface area contributed by atoms with Crippen molar-refractivity contribution >= 4 is 11.0 Å². The molecular weight excluding hydrogens is 271 g/mol. The lowest BCUT2D eigenvalue weighted by molar-refractivity contribution is 0.384. The van der Waals surface area contributed by atoms with E-state index in [1.165, 1.54) is 13.2 Å². The second-order valence-corrected chi connectivity index (χ2v) is 4.68. The fraction of sp³-hybridized carbons (Fsp3) is 0.125. The zero-order chi connectivity index (χ0) is 14.8. The minimum atomic E-state index is -0.415. The van der Waals surface area contributed by atoms with Gasteiger partial charge in [0.2, 0.25) is 0 Å². The lowest BCUT2D eigenvalue weighted by Gasteiger charge is -2.15. The van der Waals surface area contributed by atoms with E-state index in [4.69, 9.17) is 15.0 Å². The highest BCUT2D eigenvalue weighted by Crippen LogP contribution is 2.30. The monoisotopic (exact) mass is 286 g/mol. The van der Waals surface area contributed by atoms with Crippen molar-refractivity contribution in [1.29, 1.82) is 0 Å². The number of halogens is 1. The normalized spacial score (nSPS) is 12.5. The van der Waals surface area contributed by atoms with E-state index in [0.29, 0.717) is 5.76 Å². The number of hydrogen-bond donors (Lipinski definition) is 2. The highest BCUT2D eigenvalue weighted by Gasteiger charge is 2.18. The fourth-order valence-electron chi connectivity index (χ4n) is 2.34. The van der Waals surface area contributed by atoms with Crippen LogP contribution in [-0.2, 0) is 0 Å². The second-order valence-electron chi connectivity index (χ2n) is 4.68. The minimum Gasteiger partial charge on any atom is -0.494 e. The molecule has 5 heteroatoms. The molecule has 4 nitrogen and oxygen atoms in total. The van der Waals surface area contributed by atoms with Gasteiger partial charge < -0.3 is 9.15 Å². The first-order valence-electron chi connectivity index (χ1n) is 6.51. The smallest absolute Gasteiger partial charge is 0.165 e. The minimum absolute atomic E-state index is 0.170. The molecule has 0 aliphatic heterocycles. The number of ether oxygens (including phenoxy) is 1. The second kappa shape index (κ2) is 5.55. The summed E-state index contributed by atoms with van der Waals surface area (Å²) in [5.74, 6) is 6.06. The molecule has 21 heavy (non-hydrogen) atoms. The van der Waals surface area contributed by atoms with Crippen LogP contribution in [0.5, 0.6) is 5.75 Å². The molecular formula is C16H15FN2O2. The summed E-state index contributed by atoms with van der Waals surface area (Å²) in [6.07, 6.45) is 0. The summed E-state index contributed by atoms with van der Waals surface area (Å²) in [5, 5.41) is 0.988. The van der Waals surface area contributed by atoms with Crippen molar-refractivity contribution in [3.05, 3.63) is 65.7 Å². The van der Waals surface area contributed by atoms with E-state index >= 15 is 0 Å². The summed E-state index contributed by atoms with van der Waals surface area (Å²) >= 11 is 0. The molecule has 0 saturated heterocycles. The standard InChI is InChI=1S/C16H15FN2O2/c1-20-14-9-11(6-7-12(14)17)16(19-18)15-8-10-4-2-3-5-13(10)21-15/h2-9,16,19H,18H2,1H3. The number of rotatable bonds is 4. The van der Waals surface area contributed by atoms with Crippen LogP contribution >= 0.6 is 0 Å². The molecule has 0 amide bonds. The van der Waals surface area contributed by atoms with Crippen LogP contribution in [0.4, 0.5) is 4.39 Å². The molecule has 1 heterocycles. The molecule has 0 aliphatic carbocycles. The summed E-state index contributed by atoms with van der Waals surface area (Å²) < 4.78 is 24.3. The van der Waals surface area contributed by atoms with Gasteiger partial charge >= 0.3 is 0 Å². The molecule has 0 bridgehead atoms. The Kier molecular flexibility index (Phi) is 3.60. The maximum absolute atomic E-state index is 13.5. The number of furan rings is 1. The van der Waals surface area contributed by atoms with Gasteiger partial charge in [0.05, 0.1) is 7.11 Å². The van der Waals surface area contributed by atoms with Crippen LogP contribution in [0.1, 0.15) is 17.4 Å². The van der Waals surface area contributed by atoms with Gasteiger partial charge in [0.1, 0.15) is 17.4 Å². The van der Waals surface area contributed by atoms with E-state index in [2.05, 4.69) is 5.43 Å². The first kappa shape index (κ1) is 13.6. The molecule has 2 aromatic carbocycles. The highest BCUT2D eigenvalue weighted by atomic mass is 19.1. The van der Waals surface area contributed by atoms with Gasteiger partial charge in [0.25, 0.3) is 0 Å². The third kappa shape index (κ3) is 2.49. The van der Waals surface area contributed by atoms with Crippen LogP contribution < -0.4 is 16.0 Å². The third-order valence-corrected chi connectivity index (χ3v) is 3.40. The Balaban J connectivity index is 2.05. The SMILES string of the molecule is COc1cc(C(NN)c2cc3ccccc3o2)ccc1F. The number of fused-ring (bicyclic) bond motifs is 1. The number of methoxy groups -OCH3 is 1. The molecule has 0 fully saturated rings. The van der Waals surface area contributed by atoms with Crippen molar-refractivity contribution in [2.24, 2.45) is 5.84 Å². The average Bonchev–Trinajstić information content (AvgIpc) is 2.93. The quantitative estimate of drug-likeness (QED) is 0.571. The average molecular weight is 286 g/mol. The van der Waals surface area contributed by atoms with Crippen LogP contribution in [-0.4, -0.2) is 7.11 Å². The van der Waals surface area contributed by atoms with E-state index in [1.54, 1.807) is 12.1 Å². The molecule has 0 saturated carbocycles. The number of hydrazine groups is 1. The van der Waals surface area contributed by atoms with Crippen molar-refractivity contribution < 1.29 is 13.5 Å². The van der Waals surface area contributed by atoms with Crippen molar-refractivity contribution in [2.75, 3.05) is 7.11 Å². The van der Waals surface area contributed by atoms with Gasteiger partial charge in [-0.3, -0.25) is 5.84 Å². The predicted octanol–water partition coefficient (Wildman–Crippen LogP) is 3.13. The molecule has 3 rings (SSSR count). The van der Waals surface area contributed by atoms with Crippen LogP contribution in [0.3, 0.4) is 0 Å². The van der Waals surface area contributed by atoms with Gasteiger partial charge in [-0.15, -0.1) is 0 Å². The van der Waals surface area contributed by atoms with Gasteiger partial charge in [-0.25, -0.2) is 9.82 Å². The number of nitrogens with two attached hydrogens (primary N) is 1. The summed E-state index contributed by atoms with van der Waals surface area (Å²) in [7, 11) is 1.42. The lowest BCUT2D eigenvalue weighted by atomic mass is 10.0. The summed E-state index contributed by atoms with van der Waals surface area (Å²) in [5.41, 5.74) is 4.23. The molecule has 3 aromatic rings. The third-order valence-electron chi connectivity index (χ3n) is 3.40. The van der Waals surface area contributed by atoms with Gasteiger partial charge in [0, 0.05) is 5.39 Å². The Hall–Kier alpha value is -2.37. The fourth-order valence-corrected chi connectivity index (χ4v) is 2.34. The van der Waals surface area contributed by atoms with E-state index in [9.17, 15) is 4.39 Å². The lowest BCUT2D eigenvalue weighted by Crippen LogP contribution is -2.28. The molecule has 1 atom stereocenters. The Labute approximate surface area is 121 Å². The molecule has 1 aromatic heterocycles. The summed E-state index contributed by atoms with van der Waals surface area (Å²) in [4.78, 5) is 0. The number of benzene rings is 2. The maximum atomic E-state index is 13.5. The largest absolute Gasteiger partial charge is 0.494 e. The molecule has 1 unspecified atom stereocenters. The maximum Gasteiger partial charge on any atom is 0.165 e. The highest BCUT2D eigenvalue weighted by molar-refractivity contribution is 5.78. The first-order chi connectivity index (χ1) is 10.2. The Morgan fingerprint density at radius 2 is 2.00 bits per heavy atom. The van der Waals surface area contributed by atoms with Gasteiger partial charge in [-0.2, -0.15) is 0 Å². The first-order valence-corrected chi connectivity index (χ1v) is 6.51. The Morgan fingerprint density at radius 1 is 1.19 bits per heavy atom. The van der Waals surface area contributed by atoms with Crippen molar-refractivity contribution in [3.63, 3.8) is 0 Å². The van der Waals surface area contributed by atoms with E-state index in [1.807, 2.05) is 30.3 Å².